The zero-order valence-electron chi connectivity index (χ0n) is 12.4. The van der Waals surface area contributed by atoms with Gasteiger partial charge in [-0.15, -0.1) is 0 Å². The summed E-state index contributed by atoms with van der Waals surface area (Å²) >= 11 is 12.2. The summed E-state index contributed by atoms with van der Waals surface area (Å²) in [5, 5.41) is 8.87. The van der Waals surface area contributed by atoms with Crippen LogP contribution in [0.5, 0.6) is 5.75 Å². The first-order valence-electron chi connectivity index (χ1n) is 6.82. The first-order chi connectivity index (χ1) is 10.1. The van der Waals surface area contributed by atoms with Crippen molar-refractivity contribution in [3.8, 4) is 5.75 Å². The van der Waals surface area contributed by atoms with Crippen LogP contribution >= 0.6 is 23.2 Å². The van der Waals surface area contributed by atoms with Gasteiger partial charge in [-0.05, 0) is 30.7 Å². The van der Waals surface area contributed by atoms with Gasteiger partial charge in [-0.25, -0.2) is 0 Å². The van der Waals surface area contributed by atoms with Crippen LogP contribution in [0.1, 0.15) is 30.6 Å². The minimum atomic E-state index is -0.0535. The number of nitrogens with zero attached hydrogens (tertiary/aromatic N) is 2. The maximum Gasteiger partial charge on any atom is 0.161 e. The Balaban J connectivity index is 2.46. The van der Waals surface area contributed by atoms with E-state index in [0.29, 0.717) is 10.0 Å². The Bertz CT molecular complexity index is 613. The van der Waals surface area contributed by atoms with Gasteiger partial charge in [0.15, 0.2) is 5.75 Å². The summed E-state index contributed by atoms with van der Waals surface area (Å²) in [5.74, 6) is 0.747. The standard InChI is InChI=1S/C15H19Cl2N3O/c1-4-7-18-14(10-5-6-11(16)12(17)8-10)15-13(21-3)9-19-20(15)2/h5-6,8-9,14,18H,4,7H2,1-3H3. The van der Waals surface area contributed by atoms with E-state index in [-0.39, 0.29) is 6.04 Å². The Morgan fingerprint density at radius 3 is 2.71 bits per heavy atom. The van der Waals surface area contributed by atoms with Crippen molar-refractivity contribution in [1.82, 2.24) is 15.1 Å². The van der Waals surface area contributed by atoms with E-state index in [1.165, 1.54) is 0 Å². The molecule has 2 aromatic rings. The molecular weight excluding hydrogens is 309 g/mol. The van der Waals surface area contributed by atoms with Crippen LogP contribution in [0, 0.1) is 0 Å². The molecule has 0 radical (unpaired) electrons. The summed E-state index contributed by atoms with van der Waals surface area (Å²) < 4.78 is 7.23. The van der Waals surface area contributed by atoms with Gasteiger partial charge in [0.1, 0.15) is 5.69 Å². The zero-order valence-corrected chi connectivity index (χ0v) is 13.9. The molecule has 0 saturated heterocycles. The molecule has 1 aromatic heterocycles. The average Bonchev–Trinajstić information content (AvgIpc) is 2.84. The van der Waals surface area contributed by atoms with Crippen LogP contribution < -0.4 is 10.1 Å². The van der Waals surface area contributed by atoms with E-state index in [1.54, 1.807) is 13.3 Å². The third-order valence-corrected chi connectivity index (χ3v) is 4.06. The molecule has 1 N–H and O–H groups in total. The highest BCUT2D eigenvalue weighted by Gasteiger charge is 2.22. The number of hydrogen-bond acceptors (Lipinski definition) is 3. The van der Waals surface area contributed by atoms with Gasteiger partial charge in [-0.2, -0.15) is 5.10 Å². The fourth-order valence-corrected chi connectivity index (χ4v) is 2.57. The summed E-state index contributed by atoms with van der Waals surface area (Å²) in [6.45, 7) is 3.00. The second-order valence-electron chi connectivity index (χ2n) is 4.78. The molecule has 114 valence electrons. The Hall–Kier alpha value is -1.23. The lowest BCUT2D eigenvalue weighted by molar-refractivity contribution is 0.400. The monoisotopic (exact) mass is 327 g/mol. The number of aryl methyl sites for hydroxylation is 1. The molecule has 0 saturated carbocycles. The molecule has 0 aliphatic carbocycles. The number of nitrogens with one attached hydrogen (secondary N) is 1. The van der Waals surface area contributed by atoms with Crippen molar-refractivity contribution in [1.29, 1.82) is 0 Å². The molecule has 0 aliphatic rings. The number of hydrogen-bond donors (Lipinski definition) is 1. The minimum absolute atomic E-state index is 0.0535. The van der Waals surface area contributed by atoms with Crippen LogP contribution in [0.2, 0.25) is 10.0 Å². The van der Waals surface area contributed by atoms with E-state index in [0.717, 1.165) is 30.0 Å². The lowest BCUT2D eigenvalue weighted by atomic mass is 10.0. The molecular formula is C15H19Cl2N3O. The van der Waals surface area contributed by atoms with E-state index in [2.05, 4.69) is 17.3 Å². The molecule has 1 aromatic carbocycles. The summed E-state index contributed by atoms with van der Waals surface area (Å²) in [7, 11) is 3.54. The average molecular weight is 328 g/mol. The first-order valence-corrected chi connectivity index (χ1v) is 7.58. The maximum absolute atomic E-state index is 6.15. The van der Waals surface area contributed by atoms with Crippen LogP contribution in [0.25, 0.3) is 0 Å². The largest absolute Gasteiger partial charge is 0.493 e. The third kappa shape index (κ3) is 3.51. The van der Waals surface area contributed by atoms with E-state index in [4.69, 9.17) is 27.9 Å². The molecule has 0 amide bonds. The first kappa shape index (κ1) is 16.1. The van der Waals surface area contributed by atoms with Crippen molar-refractivity contribution in [2.75, 3.05) is 13.7 Å². The Morgan fingerprint density at radius 1 is 1.33 bits per heavy atom. The highest BCUT2D eigenvalue weighted by atomic mass is 35.5. The molecule has 1 unspecified atom stereocenters. The quantitative estimate of drug-likeness (QED) is 0.876. The Labute approximate surface area is 135 Å². The topological polar surface area (TPSA) is 39.1 Å². The molecule has 6 heteroatoms. The van der Waals surface area contributed by atoms with E-state index in [9.17, 15) is 0 Å². The fraction of sp³-hybridized carbons (Fsp3) is 0.400. The number of methoxy groups -OCH3 is 1. The lowest BCUT2D eigenvalue weighted by Gasteiger charge is -2.21. The predicted molar refractivity (Wildman–Crippen MR) is 86.4 cm³/mol. The molecule has 1 atom stereocenters. The third-order valence-electron chi connectivity index (χ3n) is 3.32. The van der Waals surface area contributed by atoms with Crippen molar-refractivity contribution < 1.29 is 4.74 Å². The molecule has 0 spiro atoms. The van der Waals surface area contributed by atoms with Gasteiger partial charge in [0, 0.05) is 7.05 Å². The number of halogens is 2. The van der Waals surface area contributed by atoms with Crippen molar-refractivity contribution in [3.05, 3.63) is 45.7 Å². The van der Waals surface area contributed by atoms with Crippen LogP contribution in [0.15, 0.2) is 24.4 Å². The van der Waals surface area contributed by atoms with Gasteiger partial charge in [0.25, 0.3) is 0 Å². The lowest BCUT2D eigenvalue weighted by Crippen LogP contribution is -2.25. The van der Waals surface area contributed by atoms with Crippen molar-refractivity contribution >= 4 is 23.2 Å². The fourth-order valence-electron chi connectivity index (χ4n) is 2.27. The Kier molecular flexibility index (Phi) is 5.51. The second-order valence-corrected chi connectivity index (χ2v) is 5.60. The summed E-state index contributed by atoms with van der Waals surface area (Å²) in [6.07, 6.45) is 2.74. The van der Waals surface area contributed by atoms with E-state index in [1.807, 2.05) is 29.9 Å². The predicted octanol–water partition coefficient (Wildman–Crippen LogP) is 3.82. The summed E-state index contributed by atoms with van der Waals surface area (Å²) in [5.41, 5.74) is 1.99. The van der Waals surface area contributed by atoms with Crippen molar-refractivity contribution in [2.45, 2.75) is 19.4 Å². The van der Waals surface area contributed by atoms with Crippen molar-refractivity contribution in [2.24, 2.45) is 7.05 Å². The van der Waals surface area contributed by atoms with Crippen LogP contribution in [0.4, 0.5) is 0 Å². The smallest absolute Gasteiger partial charge is 0.161 e. The zero-order chi connectivity index (χ0) is 15.4. The number of ether oxygens (including phenoxy) is 1. The van der Waals surface area contributed by atoms with Crippen molar-refractivity contribution in [3.63, 3.8) is 0 Å². The molecule has 0 fully saturated rings. The van der Waals surface area contributed by atoms with Gasteiger partial charge in [0.05, 0.1) is 29.4 Å². The molecule has 4 nitrogen and oxygen atoms in total. The number of benzene rings is 1. The van der Waals surface area contributed by atoms with E-state index >= 15 is 0 Å². The molecule has 1 heterocycles. The molecule has 0 aliphatic heterocycles. The van der Waals surface area contributed by atoms with Gasteiger partial charge in [0.2, 0.25) is 0 Å². The second kappa shape index (κ2) is 7.16. The summed E-state index contributed by atoms with van der Waals surface area (Å²) in [4.78, 5) is 0. The molecule has 21 heavy (non-hydrogen) atoms. The van der Waals surface area contributed by atoms with Crippen LogP contribution in [0.3, 0.4) is 0 Å². The minimum Gasteiger partial charge on any atom is -0.493 e. The molecule has 2 rings (SSSR count). The van der Waals surface area contributed by atoms with E-state index < -0.39 is 0 Å². The molecule has 0 bridgehead atoms. The van der Waals surface area contributed by atoms with Gasteiger partial charge < -0.3 is 10.1 Å². The SMILES string of the molecule is CCCNC(c1ccc(Cl)c(Cl)c1)c1c(OC)cnn1C. The summed E-state index contributed by atoms with van der Waals surface area (Å²) in [6, 6.07) is 5.60. The Morgan fingerprint density at radius 2 is 2.10 bits per heavy atom. The van der Waals surface area contributed by atoms with Gasteiger partial charge in [-0.1, -0.05) is 36.2 Å². The number of rotatable bonds is 6. The highest BCUT2D eigenvalue weighted by Crippen LogP contribution is 2.32. The number of aromatic nitrogens is 2. The van der Waals surface area contributed by atoms with Gasteiger partial charge >= 0.3 is 0 Å². The normalized spacial score (nSPS) is 12.4. The van der Waals surface area contributed by atoms with Crippen LogP contribution in [-0.4, -0.2) is 23.4 Å². The highest BCUT2D eigenvalue weighted by molar-refractivity contribution is 6.42. The van der Waals surface area contributed by atoms with Gasteiger partial charge in [-0.3, -0.25) is 4.68 Å². The van der Waals surface area contributed by atoms with Crippen LogP contribution in [-0.2, 0) is 7.05 Å². The maximum atomic E-state index is 6.15.